The van der Waals surface area contributed by atoms with Crippen LogP contribution < -0.4 is 0 Å². The molecule has 2 rings (SSSR count). The van der Waals surface area contributed by atoms with Crippen LogP contribution in [0.5, 0.6) is 0 Å². The highest BCUT2D eigenvalue weighted by Crippen LogP contribution is 2.21. The molecule has 0 aliphatic rings. The molecule has 2 aromatic rings. The number of thioether (sulfide) groups is 1. The summed E-state index contributed by atoms with van der Waals surface area (Å²) in [4.78, 5) is 15.5. The van der Waals surface area contributed by atoms with E-state index in [4.69, 9.17) is 5.11 Å². The van der Waals surface area contributed by atoms with E-state index in [1.165, 1.54) is 18.2 Å². The fourth-order valence-electron chi connectivity index (χ4n) is 1.10. The quantitative estimate of drug-likeness (QED) is 0.819. The van der Waals surface area contributed by atoms with Gasteiger partial charge in [-0.25, -0.2) is 4.79 Å². The van der Waals surface area contributed by atoms with Crippen molar-refractivity contribution in [2.75, 3.05) is 0 Å². The zero-order chi connectivity index (χ0) is 11.4. The third kappa shape index (κ3) is 2.60. The molecule has 1 aromatic carbocycles. The predicted octanol–water partition coefficient (Wildman–Crippen LogP) is 2.06. The van der Waals surface area contributed by atoms with Gasteiger partial charge < -0.3 is 9.63 Å². The highest BCUT2D eigenvalue weighted by molar-refractivity contribution is 7.98. The normalized spacial score (nSPS) is 10.2. The molecule has 0 atom stereocenters. The predicted molar refractivity (Wildman–Crippen MR) is 57.3 cm³/mol. The summed E-state index contributed by atoms with van der Waals surface area (Å²) in [5.41, 5.74) is 0.281. The monoisotopic (exact) mass is 236 g/mol. The van der Waals surface area contributed by atoms with Crippen molar-refractivity contribution in [2.24, 2.45) is 0 Å². The summed E-state index contributed by atoms with van der Waals surface area (Å²) in [5.74, 6) is 0.296. The van der Waals surface area contributed by atoms with E-state index in [0.29, 0.717) is 11.6 Å². The van der Waals surface area contributed by atoms with Crippen LogP contribution in [0.4, 0.5) is 0 Å². The Bertz CT molecular complexity index is 467. The molecule has 0 aliphatic carbocycles. The van der Waals surface area contributed by atoms with Crippen molar-refractivity contribution in [1.82, 2.24) is 10.1 Å². The molecule has 5 nitrogen and oxygen atoms in total. The van der Waals surface area contributed by atoms with Gasteiger partial charge in [0.2, 0.25) is 6.39 Å². The number of aromatic nitrogens is 2. The smallest absolute Gasteiger partial charge is 0.335 e. The maximum Gasteiger partial charge on any atom is 0.335 e. The zero-order valence-electron chi connectivity index (χ0n) is 8.16. The molecule has 0 saturated heterocycles. The van der Waals surface area contributed by atoms with Crippen molar-refractivity contribution >= 4 is 17.7 Å². The van der Waals surface area contributed by atoms with Crippen LogP contribution in [0.25, 0.3) is 0 Å². The van der Waals surface area contributed by atoms with Gasteiger partial charge in [-0.1, -0.05) is 5.16 Å². The molecular formula is C10H8N2O3S. The van der Waals surface area contributed by atoms with Gasteiger partial charge in [0.25, 0.3) is 0 Å². The van der Waals surface area contributed by atoms with Gasteiger partial charge >= 0.3 is 5.97 Å². The maximum atomic E-state index is 10.6. The minimum Gasteiger partial charge on any atom is -0.478 e. The van der Waals surface area contributed by atoms with Crippen molar-refractivity contribution in [3.05, 3.63) is 42.0 Å². The first-order valence-corrected chi connectivity index (χ1v) is 5.45. The number of rotatable bonds is 4. The topological polar surface area (TPSA) is 76.2 Å². The Hall–Kier alpha value is -1.82. The van der Waals surface area contributed by atoms with Crippen molar-refractivity contribution in [1.29, 1.82) is 0 Å². The fourth-order valence-corrected chi connectivity index (χ4v) is 1.85. The second kappa shape index (κ2) is 4.80. The van der Waals surface area contributed by atoms with Gasteiger partial charge in [0.1, 0.15) is 0 Å². The molecule has 82 valence electrons. The van der Waals surface area contributed by atoms with Gasteiger partial charge in [-0.2, -0.15) is 4.98 Å². The van der Waals surface area contributed by atoms with Gasteiger partial charge in [-0.05, 0) is 24.3 Å². The minimum absolute atomic E-state index is 0.281. The fraction of sp³-hybridized carbons (Fsp3) is 0.100. The van der Waals surface area contributed by atoms with Crippen molar-refractivity contribution in [2.45, 2.75) is 10.6 Å². The summed E-state index contributed by atoms with van der Waals surface area (Å²) >= 11 is 1.52. The van der Waals surface area contributed by atoms with E-state index in [-0.39, 0.29) is 5.56 Å². The van der Waals surface area contributed by atoms with E-state index < -0.39 is 5.97 Å². The second-order valence-corrected chi connectivity index (χ2v) is 4.01. The molecular weight excluding hydrogens is 228 g/mol. The lowest BCUT2D eigenvalue weighted by atomic mass is 10.2. The number of hydrogen-bond acceptors (Lipinski definition) is 5. The van der Waals surface area contributed by atoms with Crippen LogP contribution in [0.2, 0.25) is 0 Å². The molecule has 0 saturated carbocycles. The standard InChI is InChI=1S/C10H8N2O3S/c13-10(14)7-1-3-8(4-2-7)16-5-9-11-6-15-12-9/h1-4,6H,5H2,(H,13,14). The number of carbonyl (C=O) groups is 1. The number of carboxylic acids is 1. The van der Waals surface area contributed by atoms with Crippen LogP contribution >= 0.6 is 11.8 Å². The number of carboxylic acid groups (broad SMARTS) is 1. The first kappa shape index (κ1) is 10.7. The molecule has 1 heterocycles. The largest absolute Gasteiger partial charge is 0.478 e. The van der Waals surface area contributed by atoms with E-state index >= 15 is 0 Å². The molecule has 0 fully saturated rings. The molecule has 1 aromatic heterocycles. The third-order valence-corrected chi connectivity index (χ3v) is 2.88. The Morgan fingerprint density at radius 2 is 2.12 bits per heavy atom. The van der Waals surface area contributed by atoms with Gasteiger partial charge in [0, 0.05) is 4.90 Å². The van der Waals surface area contributed by atoms with E-state index in [2.05, 4.69) is 14.7 Å². The lowest BCUT2D eigenvalue weighted by Crippen LogP contribution is -1.94. The second-order valence-electron chi connectivity index (χ2n) is 2.97. The highest BCUT2D eigenvalue weighted by Gasteiger charge is 2.03. The Morgan fingerprint density at radius 1 is 1.38 bits per heavy atom. The van der Waals surface area contributed by atoms with Crippen LogP contribution in [0.1, 0.15) is 16.2 Å². The molecule has 0 amide bonds. The SMILES string of the molecule is O=C(O)c1ccc(SCc2ncon2)cc1. The number of nitrogens with zero attached hydrogens (tertiary/aromatic N) is 2. The van der Waals surface area contributed by atoms with Gasteiger partial charge in [-0.3, -0.25) is 0 Å². The first-order valence-electron chi connectivity index (χ1n) is 4.47. The van der Waals surface area contributed by atoms with Crippen LogP contribution in [0, 0.1) is 0 Å². The van der Waals surface area contributed by atoms with Gasteiger partial charge in [-0.15, -0.1) is 11.8 Å². The third-order valence-electron chi connectivity index (χ3n) is 1.88. The lowest BCUT2D eigenvalue weighted by Gasteiger charge is -1.99. The van der Waals surface area contributed by atoms with E-state index in [0.717, 1.165) is 4.90 Å². The summed E-state index contributed by atoms with van der Waals surface area (Å²) in [6, 6.07) is 6.66. The molecule has 6 heteroatoms. The van der Waals surface area contributed by atoms with Crippen molar-refractivity contribution in [3.63, 3.8) is 0 Å². The van der Waals surface area contributed by atoms with Gasteiger partial charge in [0.15, 0.2) is 5.82 Å². The van der Waals surface area contributed by atoms with E-state index in [1.54, 1.807) is 24.3 Å². The minimum atomic E-state index is -0.922. The molecule has 0 spiro atoms. The summed E-state index contributed by atoms with van der Waals surface area (Å²) in [6.07, 6.45) is 1.28. The summed E-state index contributed by atoms with van der Waals surface area (Å²) in [5, 5.41) is 12.4. The average molecular weight is 236 g/mol. The van der Waals surface area contributed by atoms with Crippen molar-refractivity contribution < 1.29 is 14.4 Å². The van der Waals surface area contributed by atoms with Crippen molar-refractivity contribution in [3.8, 4) is 0 Å². The Kier molecular flexibility index (Phi) is 3.21. The maximum absolute atomic E-state index is 10.6. The van der Waals surface area contributed by atoms with Crippen LogP contribution in [-0.2, 0) is 5.75 Å². The molecule has 1 N–H and O–H groups in total. The van der Waals surface area contributed by atoms with E-state index in [9.17, 15) is 4.79 Å². The molecule has 0 unspecified atom stereocenters. The van der Waals surface area contributed by atoms with Gasteiger partial charge in [0.05, 0.1) is 11.3 Å². The molecule has 0 radical (unpaired) electrons. The molecule has 0 bridgehead atoms. The number of hydrogen-bond donors (Lipinski definition) is 1. The van der Waals surface area contributed by atoms with Crippen LogP contribution in [0.15, 0.2) is 40.1 Å². The van der Waals surface area contributed by atoms with Crippen LogP contribution in [-0.4, -0.2) is 21.2 Å². The number of aromatic carboxylic acids is 1. The number of benzene rings is 1. The summed E-state index contributed by atoms with van der Waals surface area (Å²) < 4.78 is 4.60. The Labute approximate surface area is 95.5 Å². The average Bonchev–Trinajstić information content (AvgIpc) is 2.80. The summed E-state index contributed by atoms with van der Waals surface area (Å²) in [6.45, 7) is 0. The Balaban J connectivity index is 1.98. The van der Waals surface area contributed by atoms with Crippen LogP contribution in [0.3, 0.4) is 0 Å². The molecule has 16 heavy (non-hydrogen) atoms. The summed E-state index contributed by atoms with van der Waals surface area (Å²) in [7, 11) is 0. The Morgan fingerprint density at radius 3 is 2.69 bits per heavy atom. The van der Waals surface area contributed by atoms with E-state index in [1.807, 2.05) is 0 Å². The first-order chi connectivity index (χ1) is 7.75. The molecule has 0 aliphatic heterocycles. The zero-order valence-corrected chi connectivity index (χ0v) is 8.98. The highest BCUT2D eigenvalue weighted by atomic mass is 32.2. The lowest BCUT2D eigenvalue weighted by molar-refractivity contribution is 0.0697.